The van der Waals surface area contributed by atoms with Crippen LogP contribution >= 0.6 is 12.2 Å². The Hall–Kier alpha value is -1.17. The Morgan fingerprint density at radius 2 is 2.00 bits per heavy atom. The first-order chi connectivity index (χ1) is 10.0. The van der Waals surface area contributed by atoms with Gasteiger partial charge in [-0.1, -0.05) is 44.8 Å². The number of nitrogens with two attached hydrogens (primary N) is 1. The molecule has 1 heterocycles. The summed E-state index contributed by atoms with van der Waals surface area (Å²) in [4.78, 5) is 27.2. The number of piperazine rings is 1. The Kier molecular flexibility index (Phi) is 5.19. The van der Waals surface area contributed by atoms with Gasteiger partial charge in [-0.05, 0) is 19.3 Å². The van der Waals surface area contributed by atoms with Crippen LogP contribution in [0.3, 0.4) is 0 Å². The van der Waals surface area contributed by atoms with Crippen LogP contribution < -0.4 is 11.1 Å². The first kappa shape index (κ1) is 16.2. The zero-order chi connectivity index (χ0) is 15.5. The van der Waals surface area contributed by atoms with Crippen molar-refractivity contribution in [3.8, 4) is 0 Å². The molecule has 1 aliphatic heterocycles. The molecule has 0 aromatic rings. The number of carbonyl (C=O) groups excluding carboxylic acids is 2. The highest BCUT2D eigenvalue weighted by molar-refractivity contribution is 7.80. The molecule has 6 heteroatoms. The summed E-state index contributed by atoms with van der Waals surface area (Å²) in [6.45, 7) is 2.98. The second kappa shape index (κ2) is 6.73. The van der Waals surface area contributed by atoms with Crippen LogP contribution in [0.4, 0.5) is 0 Å². The largest absolute Gasteiger partial charge is 0.392 e. The number of carbonyl (C=O) groups is 2. The first-order valence-electron chi connectivity index (χ1n) is 7.91. The van der Waals surface area contributed by atoms with E-state index in [0.29, 0.717) is 24.5 Å². The van der Waals surface area contributed by atoms with Crippen LogP contribution in [0.25, 0.3) is 0 Å². The lowest BCUT2D eigenvalue weighted by Crippen LogP contribution is -2.61. The molecule has 2 fully saturated rings. The van der Waals surface area contributed by atoms with Crippen molar-refractivity contribution in [2.45, 2.75) is 57.9 Å². The number of amides is 2. The van der Waals surface area contributed by atoms with Crippen molar-refractivity contribution in [2.75, 3.05) is 13.1 Å². The molecular formula is C15H25N3O2S. The van der Waals surface area contributed by atoms with Crippen LogP contribution in [0.15, 0.2) is 0 Å². The molecule has 1 aliphatic carbocycles. The molecule has 1 atom stereocenters. The van der Waals surface area contributed by atoms with Crippen molar-refractivity contribution in [3.63, 3.8) is 0 Å². The van der Waals surface area contributed by atoms with E-state index in [1.54, 1.807) is 4.90 Å². The Bertz CT molecular complexity index is 431. The average Bonchev–Trinajstić information content (AvgIpc) is 2.73. The van der Waals surface area contributed by atoms with E-state index in [-0.39, 0.29) is 17.9 Å². The summed E-state index contributed by atoms with van der Waals surface area (Å²) in [6.07, 6.45) is 6.24. The molecule has 1 saturated carbocycles. The molecule has 0 spiro atoms. The Balaban J connectivity index is 2.28. The normalized spacial score (nSPS) is 25.9. The zero-order valence-corrected chi connectivity index (χ0v) is 13.5. The molecule has 0 aromatic carbocycles. The van der Waals surface area contributed by atoms with E-state index >= 15 is 0 Å². The molecule has 3 N–H and O–H groups in total. The lowest BCUT2D eigenvalue weighted by atomic mass is 9.78. The van der Waals surface area contributed by atoms with E-state index < -0.39 is 5.41 Å². The van der Waals surface area contributed by atoms with Crippen molar-refractivity contribution < 1.29 is 9.59 Å². The van der Waals surface area contributed by atoms with E-state index in [1.165, 1.54) is 0 Å². The predicted molar refractivity (Wildman–Crippen MR) is 85.7 cm³/mol. The summed E-state index contributed by atoms with van der Waals surface area (Å²) < 4.78 is 0. The second-order valence-corrected chi connectivity index (χ2v) is 6.51. The lowest BCUT2D eigenvalue weighted by Gasteiger charge is -2.41. The van der Waals surface area contributed by atoms with Crippen molar-refractivity contribution in [3.05, 3.63) is 0 Å². The van der Waals surface area contributed by atoms with Crippen molar-refractivity contribution in [1.82, 2.24) is 10.2 Å². The molecule has 0 radical (unpaired) electrons. The van der Waals surface area contributed by atoms with Gasteiger partial charge in [-0.3, -0.25) is 9.59 Å². The quantitative estimate of drug-likeness (QED) is 0.609. The second-order valence-electron chi connectivity index (χ2n) is 6.07. The first-order valence-corrected chi connectivity index (χ1v) is 8.32. The molecule has 0 aromatic heterocycles. The van der Waals surface area contributed by atoms with E-state index in [1.807, 2.05) is 6.92 Å². The molecule has 21 heavy (non-hydrogen) atoms. The van der Waals surface area contributed by atoms with Gasteiger partial charge in [0.15, 0.2) is 0 Å². The van der Waals surface area contributed by atoms with Gasteiger partial charge in [0.05, 0.1) is 10.4 Å². The van der Waals surface area contributed by atoms with Crippen LogP contribution in [0, 0.1) is 5.41 Å². The van der Waals surface area contributed by atoms with Gasteiger partial charge in [0.2, 0.25) is 11.8 Å². The van der Waals surface area contributed by atoms with Crippen LogP contribution in [0.2, 0.25) is 0 Å². The predicted octanol–water partition coefficient (Wildman–Crippen LogP) is 1.35. The van der Waals surface area contributed by atoms with Crippen LogP contribution in [0.1, 0.15) is 51.9 Å². The van der Waals surface area contributed by atoms with Gasteiger partial charge >= 0.3 is 0 Å². The van der Waals surface area contributed by atoms with Crippen LogP contribution in [-0.4, -0.2) is 40.8 Å². The zero-order valence-electron chi connectivity index (χ0n) is 12.7. The molecular weight excluding hydrogens is 286 g/mol. The fourth-order valence-electron chi connectivity index (χ4n) is 3.54. The molecule has 2 aliphatic rings. The van der Waals surface area contributed by atoms with Gasteiger partial charge in [-0.25, -0.2) is 0 Å². The molecule has 0 bridgehead atoms. The number of hydrogen-bond donors (Lipinski definition) is 2. The maximum absolute atomic E-state index is 13.2. The van der Waals surface area contributed by atoms with Crippen molar-refractivity contribution >= 4 is 29.0 Å². The van der Waals surface area contributed by atoms with E-state index in [9.17, 15) is 9.59 Å². The Labute approximate surface area is 131 Å². The minimum absolute atomic E-state index is 0.0291. The van der Waals surface area contributed by atoms with E-state index in [4.69, 9.17) is 18.0 Å². The minimum atomic E-state index is -0.739. The fourth-order valence-corrected chi connectivity index (χ4v) is 3.83. The third kappa shape index (κ3) is 3.05. The number of hydrogen-bond acceptors (Lipinski definition) is 3. The summed E-state index contributed by atoms with van der Waals surface area (Å²) >= 11 is 5.27. The third-order valence-electron chi connectivity index (χ3n) is 4.82. The van der Waals surface area contributed by atoms with Gasteiger partial charge in [0.25, 0.3) is 0 Å². The van der Waals surface area contributed by atoms with Gasteiger partial charge < -0.3 is 16.0 Å². The monoisotopic (exact) mass is 311 g/mol. The Morgan fingerprint density at radius 3 is 2.52 bits per heavy atom. The average molecular weight is 311 g/mol. The topological polar surface area (TPSA) is 75.4 Å². The highest BCUT2D eigenvalue weighted by atomic mass is 32.1. The lowest BCUT2D eigenvalue weighted by molar-refractivity contribution is -0.149. The summed E-state index contributed by atoms with van der Waals surface area (Å²) in [5, 5.41) is 2.83. The van der Waals surface area contributed by atoms with E-state index in [0.717, 1.165) is 38.5 Å². The SMILES string of the molecule is CCC1C(=O)NCCN1C(=O)C1(C(N)=S)CCCCCC1. The molecule has 2 amide bonds. The van der Waals surface area contributed by atoms with Gasteiger partial charge in [-0.2, -0.15) is 0 Å². The minimum Gasteiger partial charge on any atom is -0.392 e. The van der Waals surface area contributed by atoms with Gasteiger partial charge in [-0.15, -0.1) is 0 Å². The third-order valence-corrected chi connectivity index (χ3v) is 5.21. The molecule has 1 saturated heterocycles. The Morgan fingerprint density at radius 1 is 1.38 bits per heavy atom. The number of rotatable bonds is 3. The summed E-state index contributed by atoms with van der Waals surface area (Å²) in [7, 11) is 0. The van der Waals surface area contributed by atoms with Gasteiger partial charge in [0.1, 0.15) is 6.04 Å². The van der Waals surface area contributed by atoms with Crippen molar-refractivity contribution in [1.29, 1.82) is 0 Å². The van der Waals surface area contributed by atoms with Crippen LogP contribution in [-0.2, 0) is 9.59 Å². The summed E-state index contributed by atoms with van der Waals surface area (Å²) in [6, 6.07) is -0.388. The smallest absolute Gasteiger partial charge is 0.242 e. The highest BCUT2D eigenvalue weighted by Gasteiger charge is 2.46. The number of thiocarbonyl (C=S) groups is 1. The fraction of sp³-hybridized carbons (Fsp3) is 0.800. The van der Waals surface area contributed by atoms with Crippen LogP contribution in [0.5, 0.6) is 0 Å². The molecule has 5 nitrogen and oxygen atoms in total. The number of nitrogens with one attached hydrogen (secondary N) is 1. The standard InChI is InChI=1S/C15H25N3O2S/c1-2-11-12(19)17-9-10-18(11)14(20)15(13(16)21)7-5-3-4-6-8-15/h11H,2-10H2,1H3,(H2,16,21)(H,17,19). The summed E-state index contributed by atoms with van der Waals surface area (Å²) in [5.74, 6) is -0.0950. The molecule has 118 valence electrons. The molecule has 1 unspecified atom stereocenters. The molecule has 2 rings (SSSR count). The maximum Gasteiger partial charge on any atom is 0.242 e. The maximum atomic E-state index is 13.2. The summed E-state index contributed by atoms with van der Waals surface area (Å²) in [5.41, 5.74) is 5.24. The highest BCUT2D eigenvalue weighted by Crippen LogP contribution is 2.38. The van der Waals surface area contributed by atoms with E-state index in [2.05, 4.69) is 5.32 Å². The van der Waals surface area contributed by atoms with Gasteiger partial charge in [0, 0.05) is 13.1 Å². The number of nitrogens with zero attached hydrogens (tertiary/aromatic N) is 1. The van der Waals surface area contributed by atoms with Crippen molar-refractivity contribution in [2.24, 2.45) is 11.1 Å².